The van der Waals surface area contributed by atoms with Gasteiger partial charge in [0.1, 0.15) is 6.54 Å². The second-order valence-electron chi connectivity index (χ2n) is 7.15. The molecule has 1 atom stereocenters. The number of aryl methyl sites for hydroxylation is 1. The van der Waals surface area contributed by atoms with Crippen LogP contribution in [-0.4, -0.2) is 27.1 Å². The molecule has 0 aliphatic carbocycles. The predicted octanol–water partition coefficient (Wildman–Crippen LogP) is 4.05. The number of benzene rings is 3. The van der Waals surface area contributed by atoms with Crippen molar-refractivity contribution < 1.29 is 13.2 Å². The molecule has 1 amide bonds. The number of anilines is 1. The van der Waals surface area contributed by atoms with E-state index in [9.17, 15) is 13.2 Å². The Morgan fingerprint density at radius 1 is 1.00 bits per heavy atom. The summed E-state index contributed by atoms with van der Waals surface area (Å²) >= 11 is 0. The number of nitrogens with one attached hydrogen (secondary N) is 1. The molecule has 0 aromatic heterocycles. The van der Waals surface area contributed by atoms with E-state index in [1.807, 2.05) is 61.5 Å². The van der Waals surface area contributed by atoms with Gasteiger partial charge in [0, 0.05) is 5.39 Å². The third-order valence-electron chi connectivity index (χ3n) is 4.99. The highest BCUT2D eigenvalue weighted by molar-refractivity contribution is 7.92. The molecule has 1 unspecified atom stereocenters. The summed E-state index contributed by atoms with van der Waals surface area (Å²) in [5.74, 6) is -0.351. The number of carbonyl (C=O) groups is 1. The maximum absolute atomic E-state index is 12.7. The lowest BCUT2D eigenvalue weighted by Crippen LogP contribution is -2.41. The Balaban J connectivity index is 1.82. The second-order valence-corrected chi connectivity index (χ2v) is 9.06. The SMILES string of the molecule is CCc1ccc(C(C)NC(=O)CN(c2cccc3ccccc23)S(C)(=O)=O)cc1. The summed E-state index contributed by atoms with van der Waals surface area (Å²) < 4.78 is 26.1. The number of sulfonamides is 1. The van der Waals surface area contributed by atoms with Gasteiger partial charge in [0.15, 0.2) is 0 Å². The van der Waals surface area contributed by atoms with Crippen molar-refractivity contribution in [3.63, 3.8) is 0 Å². The maximum Gasteiger partial charge on any atom is 0.241 e. The van der Waals surface area contributed by atoms with Crippen LogP contribution in [0.2, 0.25) is 0 Å². The molecular formula is C23H26N2O3S. The molecule has 0 saturated carbocycles. The highest BCUT2D eigenvalue weighted by Crippen LogP contribution is 2.28. The zero-order valence-corrected chi connectivity index (χ0v) is 17.7. The molecule has 0 fully saturated rings. The van der Waals surface area contributed by atoms with Gasteiger partial charge >= 0.3 is 0 Å². The van der Waals surface area contributed by atoms with Gasteiger partial charge in [-0.05, 0) is 35.9 Å². The summed E-state index contributed by atoms with van der Waals surface area (Å²) in [4.78, 5) is 12.7. The quantitative estimate of drug-likeness (QED) is 0.639. The highest BCUT2D eigenvalue weighted by Gasteiger charge is 2.23. The van der Waals surface area contributed by atoms with Crippen LogP contribution in [-0.2, 0) is 21.2 Å². The van der Waals surface area contributed by atoms with Crippen LogP contribution < -0.4 is 9.62 Å². The Bertz CT molecular complexity index is 1100. The van der Waals surface area contributed by atoms with Crippen LogP contribution in [0.3, 0.4) is 0 Å². The summed E-state index contributed by atoms with van der Waals surface area (Å²) in [5.41, 5.74) is 2.71. The smallest absolute Gasteiger partial charge is 0.241 e. The van der Waals surface area contributed by atoms with E-state index in [2.05, 4.69) is 12.2 Å². The van der Waals surface area contributed by atoms with E-state index < -0.39 is 10.0 Å². The normalized spacial score (nSPS) is 12.5. The molecule has 6 heteroatoms. The van der Waals surface area contributed by atoms with Gasteiger partial charge in [0.25, 0.3) is 0 Å². The average molecular weight is 411 g/mol. The van der Waals surface area contributed by atoms with Gasteiger partial charge in [-0.2, -0.15) is 0 Å². The molecule has 1 N–H and O–H groups in total. The minimum Gasteiger partial charge on any atom is -0.348 e. The van der Waals surface area contributed by atoms with Crippen molar-refractivity contribution >= 4 is 32.4 Å². The summed E-state index contributed by atoms with van der Waals surface area (Å²) in [7, 11) is -3.64. The first kappa shape index (κ1) is 20.9. The van der Waals surface area contributed by atoms with Crippen molar-refractivity contribution in [2.75, 3.05) is 17.1 Å². The minimum absolute atomic E-state index is 0.220. The molecule has 29 heavy (non-hydrogen) atoms. The standard InChI is InChI=1S/C23H26N2O3S/c1-4-18-12-14-19(15-13-18)17(2)24-23(26)16-25(29(3,27)28)22-11-7-9-20-8-5-6-10-21(20)22/h5-15,17H,4,16H2,1-3H3,(H,24,26). The molecular weight excluding hydrogens is 384 g/mol. The molecule has 3 aromatic rings. The number of hydrogen-bond donors (Lipinski definition) is 1. The molecule has 0 saturated heterocycles. The zero-order valence-electron chi connectivity index (χ0n) is 16.9. The summed E-state index contributed by atoms with van der Waals surface area (Å²) in [6, 6.07) is 20.8. The number of hydrogen-bond acceptors (Lipinski definition) is 3. The van der Waals surface area contributed by atoms with E-state index in [0.29, 0.717) is 5.69 Å². The van der Waals surface area contributed by atoms with Crippen molar-refractivity contribution in [3.05, 3.63) is 77.9 Å². The number of carbonyl (C=O) groups excluding carboxylic acids is 1. The van der Waals surface area contributed by atoms with Crippen LogP contribution >= 0.6 is 0 Å². The van der Waals surface area contributed by atoms with Gasteiger partial charge in [-0.3, -0.25) is 9.10 Å². The molecule has 0 spiro atoms. The van der Waals surface area contributed by atoms with Gasteiger partial charge in [0.05, 0.1) is 18.0 Å². The molecule has 0 radical (unpaired) electrons. The van der Waals surface area contributed by atoms with E-state index in [-0.39, 0.29) is 18.5 Å². The third-order valence-corrected chi connectivity index (χ3v) is 6.11. The van der Waals surface area contributed by atoms with Gasteiger partial charge in [0.2, 0.25) is 15.9 Å². The van der Waals surface area contributed by atoms with Crippen LogP contribution in [0.1, 0.15) is 31.0 Å². The molecule has 0 bridgehead atoms. The Labute approximate surface area is 172 Å². The van der Waals surface area contributed by atoms with Crippen molar-refractivity contribution in [2.24, 2.45) is 0 Å². The molecule has 152 valence electrons. The summed E-state index contributed by atoms with van der Waals surface area (Å²) in [5, 5.41) is 4.62. The molecule has 0 heterocycles. The van der Waals surface area contributed by atoms with Crippen LogP contribution in [0, 0.1) is 0 Å². The first-order valence-corrected chi connectivity index (χ1v) is 11.5. The molecule has 5 nitrogen and oxygen atoms in total. The van der Waals surface area contributed by atoms with Crippen LogP contribution in [0.15, 0.2) is 66.7 Å². The fourth-order valence-electron chi connectivity index (χ4n) is 3.35. The number of rotatable bonds is 7. The molecule has 3 aromatic carbocycles. The van der Waals surface area contributed by atoms with E-state index in [1.54, 1.807) is 12.1 Å². The van der Waals surface area contributed by atoms with Gasteiger partial charge in [-0.1, -0.05) is 67.6 Å². The van der Waals surface area contributed by atoms with E-state index in [4.69, 9.17) is 0 Å². The van der Waals surface area contributed by atoms with Gasteiger partial charge in [-0.15, -0.1) is 0 Å². The van der Waals surface area contributed by atoms with Crippen molar-refractivity contribution in [1.82, 2.24) is 5.32 Å². The van der Waals surface area contributed by atoms with Crippen LogP contribution in [0.25, 0.3) is 10.8 Å². The second kappa shape index (κ2) is 8.66. The van der Waals surface area contributed by atoms with Gasteiger partial charge in [-0.25, -0.2) is 8.42 Å². The average Bonchev–Trinajstić information content (AvgIpc) is 2.71. The first-order valence-electron chi connectivity index (χ1n) is 9.63. The summed E-state index contributed by atoms with van der Waals surface area (Å²) in [6.07, 6.45) is 2.07. The van der Waals surface area contributed by atoms with Gasteiger partial charge < -0.3 is 5.32 Å². The van der Waals surface area contributed by atoms with Crippen LogP contribution in [0.5, 0.6) is 0 Å². The molecule has 0 aliphatic heterocycles. The highest BCUT2D eigenvalue weighted by atomic mass is 32.2. The fraction of sp³-hybridized carbons (Fsp3) is 0.261. The Morgan fingerprint density at radius 2 is 1.66 bits per heavy atom. The molecule has 0 aliphatic rings. The third kappa shape index (κ3) is 4.95. The van der Waals surface area contributed by atoms with E-state index in [0.717, 1.165) is 33.3 Å². The maximum atomic E-state index is 12.7. The van der Waals surface area contributed by atoms with E-state index in [1.165, 1.54) is 5.56 Å². The predicted molar refractivity (Wildman–Crippen MR) is 119 cm³/mol. The zero-order chi connectivity index (χ0) is 21.0. The lowest BCUT2D eigenvalue weighted by molar-refractivity contribution is -0.120. The fourth-order valence-corrected chi connectivity index (χ4v) is 4.22. The Morgan fingerprint density at radius 3 is 2.31 bits per heavy atom. The lowest BCUT2D eigenvalue weighted by Gasteiger charge is -2.24. The van der Waals surface area contributed by atoms with E-state index >= 15 is 0 Å². The molecule has 3 rings (SSSR count). The van der Waals surface area contributed by atoms with Crippen molar-refractivity contribution in [2.45, 2.75) is 26.3 Å². The summed E-state index contributed by atoms with van der Waals surface area (Å²) in [6.45, 7) is 3.71. The minimum atomic E-state index is -3.64. The largest absolute Gasteiger partial charge is 0.348 e. The van der Waals surface area contributed by atoms with Crippen molar-refractivity contribution in [1.29, 1.82) is 0 Å². The lowest BCUT2D eigenvalue weighted by atomic mass is 10.0. The topological polar surface area (TPSA) is 66.5 Å². The van der Waals surface area contributed by atoms with Crippen LogP contribution in [0.4, 0.5) is 5.69 Å². The number of amides is 1. The number of fused-ring (bicyclic) bond motifs is 1. The van der Waals surface area contributed by atoms with Crippen molar-refractivity contribution in [3.8, 4) is 0 Å². The monoisotopic (exact) mass is 410 g/mol. The Hall–Kier alpha value is -2.86. The number of nitrogens with zero attached hydrogens (tertiary/aromatic N) is 1. The Kier molecular flexibility index (Phi) is 6.23. The first-order chi connectivity index (χ1) is 13.8.